The van der Waals surface area contributed by atoms with Crippen molar-refractivity contribution in [3.63, 3.8) is 0 Å². The molecule has 0 spiro atoms. The molecule has 0 heterocycles. The van der Waals surface area contributed by atoms with E-state index in [-0.39, 0.29) is 16.9 Å². The van der Waals surface area contributed by atoms with Crippen LogP contribution in [0.5, 0.6) is 0 Å². The molecule has 30 heavy (non-hydrogen) atoms. The summed E-state index contributed by atoms with van der Waals surface area (Å²) in [6.07, 6.45) is 2.44. The predicted molar refractivity (Wildman–Crippen MR) is 128 cm³/mol. The molecular formula is C26H35NO2Si. The summed E-state index contributed by atoms with van der Waals surface area (Å²) in [5.74, 6) is 0.194. The molecule has 1 atom stereocenters. The molecule has 0 radical (unpaired) electrons. The van der Waals surface area contributed by atoms with Gasteiger partial charge in [0.25, 0.3) is 8.32 Å². The minimum Gasteiger partial charge on any atom is -0.403 e. The van der Waals surface area contributed by atoms with Crippen LogP contribution in [0, 0.1) is 5.41 Å². The molecule has 160 valence electrons. The van der Waals surface area contributed by atoms with Crippen LogP contribution in [0.4, 0.5) is 0 Å². The fourth-order valence-electron chi connectivity index (χ4n) is 4.62. The summed E-state index contributed by atoms with van der Waals surface area (Å²) in [7, 11) is 1.23. The summed E-state index contributed by atoms with van der Waals surface area (Å²) in [5, 5.41) is 2.39. The lowest BCUT2D eigenvalue weighted by atomic mass is 9.88. The van der Waals surface area contributed by atoms with E-state index in [2.05, 4.69) is 81.4 Å². The van der Waals surface area contributed by atoms with Crippen molar-refractivity contribution in [3.05, 3.63) is 72.4 Å². The van der Waals surface area contributed by atoms with Crippen LogP contribution in [-0.2, 0) is 9.22 Å². The van der Waals surface area contributed by atoms with E-state index in [1.165, 1.54) is 10.4 Å². The van der Waals surface area contributed by atoms with Crippen molar-refractivity contribution < 1.29 is 9.22 Å². The van der Waals surface area contributed by atoms with Gasteiger partial charge in [-0.05, 0) is 15.4 Å². The molecule has 1 aliphatic carbocycles. The molecule has 0 N–H and O–H groups in total. The van der Waals surface area contributed by atoms with Gasteiger partial charge in [-0.2, -0.15) is 0 Å². The summed E-state index contributed by atoms with van der Waals surface area (Å²) >= 11 is 0. The van der Waals surface area contributed by atoms with Crippen molar-refractivity contribution >= 4 is 24.5 Å². The van der Waals surface area contributed by atoms with Crippen LogP contribution in [0.1, 0.15) is 41.0 Å². The lowest BCUT2D eigenvalue weighted by molar-refractivity contribution is -0.124. The molecule has 1 aliphatic rings. The first kappa shape index (κ1) is 22.5. The van der Waals surface area contributed by atoms with Crippen molar-refractivity contribution in [2.75, 3.05) is 14.1 Å². The number of Topliss-reactive ketones (excluding diaryl/α,β-unsaturated/α-hetero) is 1. The highest BCUT2D eigenvalue weighted by molar-refractivity contribution is 6.99. The van der Waals surface area contributed by atoms with Crippen molar-refractivity contribution in [2.24, 2.45) is 5.41 Å². The molecule has 0 amide bonds. The molecule has 0 bridgehead atoms. The van der Waals surface area contributed by atoms with E-state index in [1.807, 2.05) is 39.0 Å². The van der Waals surface area contributed by atoms with Crippen molar-refractivity contribution in [1.82, 2.24) is 4.90 Å². The Hall–Kier alpha value is -2.17. The molecule has 3 rings (SSSR count). The largest absolute Gasteiger partial charge is 0.403 e. The molecule has 3 nitrogen and oxygen atoms in total. The summed E-state index contributed by atoms with van der Waals surface area (Å²) in [5.41, 5.74) is 0.294. The van der Waals surface area contributed by atoms with Gasteiger partial charge < -0.3 is 9.33 Å². The number of benzene rings is 2. The molecule has 0 aromatic heterocycles. The Morgan fingerprint density at radius 2 is 1.43 bits per heavy atom. The number of nitrogens with zero attached hydrogens (tertiary/aromatic N) is 1. The van der Waals surface area contributed by atoms with Gasteiger partial charge in [-0.15, -0.1) is 0 Å². The van der Waals surface area contributed by atoms with Gasteiger partial charge in [0, 0.05) is 32.3 Å². The molecular weight excluding hydrogens is 386 g/mol. The molecule has 1 fully saturated rings. The fourth-order valence-corrected chi connectivity index (χ4v) is 9.44. The van der Waals surface area contributed by atoms with E-state index in [0.717, 1.165) is 5.57 Å². The van der Waals surface area contributed by atoms with Crippen molar-refractivity contribution in [1.29, 1.82) is 0 Å². The second-order valence-corrected chi connectivity index (χ2v) is 14.4. The Labute approximate surface area is 182 Å². The number of carbonyl (C=O) groups is 1. The monoisotopic (exact) mass is 421 g/mol. The van der Waals surface area contributed by atoms with Gasteiger partial charge in [-0.25, -0.2) is 0 Å². The summed E-state index contributed by atoms with van der Waals surface area (Å²) in [6, 6.07) is 21.3. The van der Waals surface area contributed by atoms with E-state index in [9.17, 15) is 4.79 Å². The Morgan fingerprint density at radius 1 is 0.967 bits per heavy atom. The first-order chi connectivity index (χ1) is 14.0. The van der Waals surface area contributed by atoms with Gasteiger partial charge >= 0.3 is 0 Å². The summed E-state index contributed by atoms with van der Waals surface area (Å²) in [4.78, 5) is 15.2. The molecule has 1 saturated carbocycles. The maximum absolute atomic E-state index is 13.2. The van der Waals surface area contributed by atoms with E-state index in [1.54, 1.807) is 0 Å². The zero-order valence-electron chi connectivity index (χ0n) is 19.4. The van der Waals surface area contributed by atoms with E-state index >= 15 is 0 Å². The van der Waals surface area contributed by atoms with Crippen molar-refractivity contribution in [2.45, 2.75) is 52.2 Å². The average molecular weight is 422 g/mol. The summed E-state index contributed by atoms with van der Waals surface area (Å²) in [6.45, 7) is 10.9. The standard InChI is InChI=1S/C26H35NO2Si/c1-25(2,3)30(21-14-10-8-11-15-21,22-16-12-9-13-17-22)29-23-18-20(19-27(6)7)24(28)26(23,4)5/h8-17,19,23H,18H2,1-7H3/b20-19+. The molecule has 2 aromatic carbocycles. The van der Waals surface area contributed by atoms with Crippen molar-refractivity contribution in [3.8, 4) is 0 Å². The van der Waals surface area contributed by atoms with Crippen LogP contribution in [0.3, 0.4) is 0 Å². The minimum absolute atomic E-state index is 0.108. The molecule has 1 unspecified atom stereocenters. The van der Waals surface area contributed by atoms with Crippen LogP contribution >= 0.6 is 0 Å². The zero-order valence-corrected chi connectivity index (χ0v) is 20.4. The van der Waals surface area contributed by atoms with Gasteiger partial charge in [0.1, 0.15) is 0 Å². The lowest BCUT2D eigenvalue weighted by Gasteiger charge is -2.46. The highest BCUT2D eigenvalue weighted by Crippen LogP contribution is 2.45. The van der Waals surface area contributed by atoms with E-state index in [4.69, 9.17) is 4.43 Å². The minimum atomic E-state index is -2.70. The van der Waals surface area contributed by atoms with Crippen LogP contribution in [-0.4, -0.2) is 39.2 Å². The van der Waals surface area contributed by atoms with Crippen LogP contribution < -0.4 is 10.4 Å². The van der Waals surface area contributed by atoms with Gasteiger partial charge in [-0.1, -0.05) is 95.3 Å². The van der Waals surface area contributed by atoms with Gasteiger partial charge in [-0.3, -0.25) is 4.79 Å². The topological polar surface area (TPSA) is 29.5 Å². The first-order valence-electron chi connectivity index (χ1n) is 10.7. The van der Waals surface area contributed by atoms with Gasteiger partial charge in [0.2, 0.25) is 0 Å². The SMILES string of the molecule is CN(C)/C=C1\CC(O[Si](c2ccccc2)(c2ccccc2)C(C)(C)C)C(C)(C)C1=O. The molecule has 0 saturated heterocycles. The Kier molecular flexibility index (Phi) is 6.12. The van der Waals surface area contributed by atoms with Gasteiger partial charge in [0.15, 0.2) is 5.78 Å². The zero-order chi connectivity index (χ0) is 22.2. The first-order valence-corrected chi connectivity index (χ1v) is 12.6. The third kappa shape index (κ3) is 3.91. The molecule has 0 aliphatic heterocycles. The number of carbonyl (C=O) groups excluding carboxylic acids is 1. The average Bonchev–Trinajstić information content (AvgIpc) is 2.89. The fraction of sp³-hybridized carbons (Fsp3) is 0.423. The smallest absolute Gasteiger partial charge is 0.261 e. The van der Waals surface area contributed by atoms with Gasteiger partial charge in [0.05, 0.1) is 11.5 Å². The number of ketones is 1. The van der Waals surface area contributed by atoms with E-state index < -0.39 is 13.7 Å². The second kappa shape index (κ2) is 8.16. The van der Waals surface area contributed by atoms with Crippen LogP contribution in [0.15, 0.2) is 72.4 Å². The van der Waals surface area contributed by atoms with E-state index in [0.29, 0.717) is 6.42 Å². The number of hydrogen-bond acceptors (Lipinski definition) is 3. The highest BCUT2D eigenvalue weighted by Gasteiger charge is 2.56. The molecule has 2 aromatic rings. The quantitative estimate of drug-likeness (QED) is 0.530. The normalized spacial score (nSPS) is 20.6. The third-order valence-corrected chi connectivity index (χ3v) is 11.3. The Bertz CT molecular complexity index is 872. The Balaban J connectivity index is 2.18. The van der Waals surface area contributed by atoms with Crippen LogP contribution in [0.2, 0.25) is 5.04 Å². The number of rotatable bonds is 5. The van der Waals surface area contributed by atoms with Crippen LogP contribution in [0.25, 0.3) is 0 Å². The Morgan fingerprint density at radius 3 is 1.83 bits per heavy atom. The highest BCUT2D eigenvalue weighted by atomic mass is 28.4. The molecule has 4 heteroatoms. The lowest BCUT2D eigenvalue weighted by Crippen LogP contribution is -2.68. The third-order valence-electron chi connectivity index (χ3n) is 6.24. The number of hydrogen-bond donors (Lipinski definition) is 0. The predicted octanol–water partition coefficient (Wildman–Crippen LogP) is 4.38. The second-order valence-electron chi connectivity index (χ2n) is 10.1. The maximum Gasteiger partial charge on any atom is 0.261 e. The maximum atomic E-state index is 13.2. The summed E-state index contributed by atoms with van der Waals surface area (Å²) < 4.78 is 7.29.